The quantitative estimate of drug-likeness (QED) is 0.822. The Hall–Kier alpha value is -0.960. The highest BCUT2D eigenvalue weighted by Crippen LogP contribution is 2.28. The first kappa shape index (κ1) is 16.9. The lowest BCUT2D eigenvalue weighted by atomic mass is 9.94. The fourth-order valence-corrected chi connectivity index (χ4v) is 5.44. The average Bonchev–Trinajstić information content (AvgIpc) is 2.93. The first-order valence-corrected chi connectivity index (χ1v) is 9.61. The summed E-state index contributed by atoms with van der Waals surface area (Å²) in [7, 11) is -1.58. The summed E-state index contributed by atoms with van der Waals surface area (Å²) in [6, 6.07) is 0. The zero-order valence-electron chi connectivity index (χ0n) is 14.1. The molecule has 1 aromatic rings. The molecular formula is C15H26N4O3S. The molecule has 0 aliphatic carbocycles. The highest BCUT2D eigenvalue weighted by molar-refractivity contribution is 7.86. The van der Waals surface area contributed by atoms with E-state index in [1.807, 2.05) is 13.2 Å². The molecule has 23 heavy (non-hydrogen) atoms. The second-order valence-corrected chi connectivity index (χ2v) is 8.86. The van der Waals surface area contributed by atoms with E-state index in [1.165, 1.54) is 0 Å². The van der Waals surface area contributed by atoms with Gasteiger partial charge in [0.25, 0.3) is 10.2 Å². The molecule has 3 heterocycles. The van der Waals surface area contributed by atoms with Crippen molar-refractivity contribution in [2.45, 2.75) is 26.4 Å². The van der Waals surface area contributed by atoms with Crippen molar-refractivity contribution in [3.8, 4) is 0 Å². The molecule has 3 rings (SSSR count). The largest absolute Gasteiger partial charge is 0.371 e. The van der Waals surface area contributed by atoms with Gasteiger partial charge in [-0.1, -0.05) is 13.8 Å². The third-order valence-electron chi connectivity index (χ3n) is 4.61. The molecule has 0 spiro atoms. The molecule has 0 bridgehead atoms. The predicted molar refractivity (Wildman–Crippen MR) is 86.9 cm³/mol. The fourth-order valence-electron chi connectivity index (χ4n) is 3.60. The molecule has 3 atom stereocenters. The van der Waals surface area contributed by atoms with Crippen molar-refractivity contribution >= 4 is 10.2 Å². The van der Waals surface area contributed by atoms with Gasteiger partial charge in [-0.3, -0.25) is 4.68 Å². The van der Waals surface area contributed by atoms with Crippen molar-refractivity contribution in [3.05, 3.63) is 18.0 Å². The molecule has 0 amide bonds. The van der Waals surface area contributed by atoms with Crippen LogP contribution < -0.4 is 0 Å². The Morgan fingerprint density at radius 2 is 1.87 bits per heavy atom. The number of hydrogen-bond donors (Lipinski definition) is 0. The Labute approximate surface area is 138 Å². The summed E-state index contributed by atoms with van der Waals surface area (Å²) in [5.41, 5.74) is 0.924. The van der Waals surface area contributed by atoms with Gasteiger partial charge in [-0.05, 0) is 18.3 Å². The highest BCUT2D eigenvalue weighted by atomic mass is 32.2. The summed E-state index contributed by atoms with van der Waals surface area (Å²) < 4.78 is 36.7. The maximum Gasteiger partial charge on any atom is 0.282 e. The van der Waals surface area contributed by atoms with Crippen LogP contribution in [0.4, 0.5) is 0 Å². The predicted octanol–water partition coefficient (Wildman–Crippen LogP) is 1.02. The van der Waals surface area contributed by atoms with Crippen molar-refractivity contribution in [2.24, 2.45) is 18.9 Å². The summed E-state index contributed by atoms with van der Waals surface area (Å²) in [6.07, 6.45) is 4.47. The number of nitrogens with zero attached hydrogens (tertiary/aromatic N) is 4. The number of morpholine rings is 1. The number of rotatable bonds is 3. The number of piperidine rings is 1. The van der Waals surface area contributed by atoms with Crippen molar-refractivity contribution in [1.82, 2.24) is 18.4 Å². The van der Waals surface area contributed by atoms with Crippen LogP contribution in [0.3, 0.4) is 0 Å². The lowest BCUT2D eigenvalue weighted by Gasteiger charge is -2.39. The third kappa shape index (κ3) is 3.60. The van der Waals surface area contributed by atoms with E-state index in [1.54, 1.807) is 19.5 Å². The van der Waals surface area contributed by atoms with E-state index >= 15 is 0 Å². The molecule has 2 saturated heterocycles. The fraction of sp³-hybridized carbons (Fsp3) is 0.800. The second kappa shape index (κ2) is 6.51. The van der Waals surface area contributed by atoms with Crippen molar-refractivity contribution in [1.29, 1.82) is 0 Å². The molecule has 0 saturated carbocycles. The SMILES string of the molecule is C[C@@H]1C[C@@H](C)CN(S(=O)(=O)N2CCO[C@@H](c3cnn(C)c3)C2)C1. The minimum Gasteiger partial charge on any atom is -0.371 e. The van der Waals surface area contributed by atoms with Crippen molar-refractivity contribution < 1.29 is 13.2 Å². The molecule has 2 fully saturated rings. The van der Waals surface area contributed by atoms with Gasteiger partial charge in [0.1, 0.15) is 0 Å². The molecule has 8 heteroatoms. The van der Waals surface area contributed by atoms with Gasteiger partial charge >= 0.3 is 0 Å². The Morgan fingerprint density at radius 3 is 2.48 bits per heavy atom. The molecule has 0 radical (unpaired) electrons. The van der Waals surface area contributed by atoms with Crippen LogP contribution in [-0.2, 0) is 22.0 Å². The van der Waals surface area contributed by atoms with Crippen LogP contribution in [0.15, 0.2) is 12.4 Å². The van der Waals surface area contributed by atoms with E-state index in [-0.39, 0.29) is 6.10 Å². The Bertz CT molecular complexity index is 635. The molecule has 7 nitrogen and oxygen atoms in total. The van der Waals surface area contributed by atoms with Gasteiger partial charge in [-0.2, -0.15) is 22.1 Å². The smallest absolute Gasteiger partial charge is 0.282 e. The van der Waals surface area contributed by atoms with Gasteiger partial charge in [0.05, 0.1) is 18.9 Å². The number of hydrogen-bond acceptors (Lipinski definition) is 4. The van der Waals surface area contributed by atoms with Crippen LogP contribution in [0.5, 0.6) is 0 Å². The zero-order chi connectivity index (χ0) is 16.6. The van der Waals surface area contributed by atoms with E-state index in [4.69, 9.17) is 4.74 Å². The summed E-state index contributed by atoms with van der Waals surface area (Å²) >= 11 is 0. The third-order valence-corrected chi connectivity index (χ3v) is 6.55. The summed E-state index contributed by atoms with van der Waals surface area (Å²) in [4.78, 5) is 0. The molecule has 2 aliphatic rings. The maximum atomic E-state index is 13.0. The number of ether oxygens (including phenoxy) is 1. The van der Waals surface area contributed by atoms with Gasteiger partial charge in [0.2, 0.25) is 0 Å². The van der Waals surface area contributed by atoms with Gasteiger partial charge < -0.3 is 4.74 Å². The van der Waals surface area contributed by atoms with E-state index in [2.05, 4.69) is 18.9 Å². The van der Waals surface area contributed by atoms with E-state index in [0.717, 1.165) is 12.0 Å². The lowest BCUT2D eigenvalue weighted by molar-refractivity contribution is -0.00501. The summed E-state index contributed by atoms with van der Waals surface area (Å²) in [5, 5.41) is 4.15. The van der Waals surface area contributed by atoms with Gasteiger partial charge in [0.15, 0.2) is 0 Å². The molecular weight excluding hydrogens is 316 g/mol. The average molecular weight is 342 g/mol. The van der Waals surface area contributed by atoms with E-state index in [9.17, 15) is 8.42 Å². The number of aryl methyl sites for hydroxylation is 1. The monoisotopic (exact) mass is 342 g/mol. The maximum absolute atomic E-state index is 13.0. The molecule has 0 aromatic carbocycles. The minimum absolute atomic E-state index is 0.244. The summed E-state index contributed by atoms with van der Waals surface area (Å²) in [6.45, 7) is 6.65. The minimum atomic E-state index is -3.43. The van der Waals surface area contributed by atoms with Crippen LogP contribution in [0.2, 0.25) is 0 Å². The molecule has 0 N–H and O–H groups in total. The van der Waals surface area contributed by atoms with Crippen molar-refractivity contribution in [3.63, 3.8) is 0 Å². The normalized spacial score (nSPS) is 31.3. The lowest BCUT2D eigenvalue weighted by Crippen LogP contribution is -2.52. The van der Waals surface area contributed by atoms with Crippen LogP contribution in [0.1, 0.15) is 31.9 Å². The Kier molecular flexibility index (Phi) is 4.78. The first-order valence-electron chi connectivity index (χ1n) is 8.21. The highest BCUT2D eigenvalue weighted by Gasteiger charge is 2.37. The van der Waals surface area contributed by atoms with Crippen molar-refractivity contribution in [2.75, 3.05) is 32.8 Å². The zero-order valence-corrected chi connectivity index (χ0v) is 14.9. The van der Waals surface area contributed by atoms with Gasteiger partial charge in [0, 0.05) is 45.0 Å². The molecule has 0 unspecified atom stereocenters. The standard InChI is InChI=1S/C15H26N4O3S/c1-12-6-13(2)9-19(8-12)23(20,21)18-4-5-22-15(11-18)14-7-16-17(3)10-14/h7,10,12-13,15H,4-6,8-9,11H2,1-3H3/t12-,13-,15-/m1/s1. The Balaban J connectivity index is 1.74. The van der Waals surface area contributed by atoms with E-state index < -0.39 is 10.2 Å². The van der Waals surface area contributed by atoms with Crippen LogP contribution >= 0.6 is 0 Å². The molecule has 1 aromatic heterocycles. The summed E-state index contributed by atoms with van der Waals surface area (Å²) in [5.74, 6) is 0.812. The molecule has 2 aliphatic heterocycles. The van der Waals surface area contributed by atoms with Crippen LogP contribution in [0.25, 0.3) is 0 Å². The number of aromatic nitrogens is 2. The first-order chi connectivity index (χ1) is 10.9. The van der Waals surface area contributed by atoms with Gasteiger partial charge in [-0.25, -0.2) is 0 Å². The van der Waals surface area contributed by atoms with Crippen LogP contribution in [0, 0.1) is 11.8 Å². The van der Waals surface area contributed by atoms with E-state index in [0.29, 0.717) is 44.6 Å². The molecule has 130 valence electrons. The topological polar surface area (TPSA) is 67.7 Å². The second-order valence-electron chi connectivity index (χ2n) is 6.94. The van der Waals surface area contributed by atoms with Crippen LogP contribution in [-0.4, -0.2) is 59.6 Å². The Morgan fingerprint density at radius 1 is 1.17 bits per heavy atom. The van der Waals surface area contributed by atoms with Gasteiger partial charge in [-0.15, -0.1) is 0 Å².